The first-order valence-corrected chi connectivity index (χ1v) is 9.06. The highest BCUT2D eigenvalue weighted by molar-refractivity contribution is 9.10. The summed E-state index contributed by atoms with van der Waals surface area (Å²) in [6.45, 7) is 8.48. The molecule has 1 amide bonds. The van der Waals surface area contributed by atoms with Crippen LogP contribution in [0.25, 0.3) is 0 Å². The molecule has 0 fully saturated rings. The second kappa shape index (κ2) is 7.67. The number of benzene rings is 1. The van der Waals surface area contributed by atoms with Crippen molar-refractivity contribution in [3.05, 3.63) is 33.8 Å². The highest BCUT2D eigenvalue weighted by atomic mass is 79.9. The quantitative estimate of drug-likeness (QED) is 0.796. The second-order valence-corrected chi connectivity index (χ2v) is 8.04. The number of hydrogen-bond donors (Lipinski definition) is 2. The number of alkyl carbamates (subject to hydrolysis) is 1. The molecule has 0 radical (unpaired) electrons. The minimum Gasteiger partial charge on any atom is -0.444 e. The molecule has 2 rings (SSSR count). The third-order valence-corrected chi connectivity index (χ3v) is 4.69. The van der Waals surface area contributed by atoms with Crippen molar-refractivity contribution in [2.45, 2.75) is 64.6 Å². The van der Waals surface area contributed by atoms with Gasteiger partial charge in [0.05, 0.1) is 0 Å². The average molecular weight is 383 g/mol. The molecule has 1 aromatic rings. The van der Waals surface area contributed by atoms with Crippen molar-refractivity contribution in [1.82, 2.24) is 10.6 Å². The van der Waals surface area contributed by atoms with E-state index in [1.807, 2.05) is 27.7 Å². The van der Waals surface area contributed by atoms with Gasteiger partial charge in [-0.2, -0.15) is 0 Å². The van der Waals surface area contributed by atoms with Gasteiger partial charge in [-0.1, -0.05) is 28.1 Å². The van der Waals surface area contributed by atoms with Crippen molar-refractivity contribution in [2.75, 3.05) is 6.54 Å². The van der Waals surface area contributed by atoms with E-state index in [1.165, 1.54) is 15.6 Å². The molecule has 0 saturated heterocycles. The molecule has 0 aromatic heterocycles. The zero-order chi connectivity index (χ0) is 17.0. The van der Waals surface area contributed by atoms with Gasteiger partial charge in [-0.25, -0.2) is 4.79 Å². The lowest BCUT2D eigenvalue weighted by molar-refractivity contribution is 0.0506. The van der Waals surface area contributed by atoms with Gasteiger partial charge in [0.1, 0.15) is 5.60 Å². The fraction of sp³-hybridized carbons (Fsp3) is 0.611. The van der Waals surface area contributed by atoms with Gasteiger partial charge in [-0.3, -0.25) is 0 Å². The smallest absolute Gasteiger partial charge is 0.407 e. The fourth-order valence-corrected chi connectivity index (χ4v) is 3.46. The van der Waals surface area contributed by atoms with Crippen molar-refractivity contribution < 1.29 is 9.53 Å². The zero-order valence-electron chi connectivity index (χ0n) is 14.4. The van der Waals surface area contributed by atoms with Gasteiger partial charge in [0.25, 0.3) is 0 Å². The van der Waals surface area contributed by atoms with Crippen LogP contribution in [0.2, 0.25) is 0 Å². The summed E-state index contributed by atoms with van der Waals surface area (Å²) >= 11 is 3.63. The molecule has 23 heavy (non-hydrogen) atoms. The maximum Gasteiger partial charge on any atom is 0.407 e. The Morgan fingerprint density at radius 1 is 1.43 bits per heavy atom. The first-order valence-electron chi connectivity index (χ1n) is 8.26. The predicted molar refractivity (Wildman–Crippen MR) is 96.7 cm³/mol. The topological polar surface area (TPSA) is 50.4 Å². The predicted octanol–water partition coefficient (Wildman–Crippen LogP) is 4.33. The number of amides is 1. The molecular formula is C18H27BrN2O2. The maximum atomic E-state index is 11.7. The van der Waals surface area contributed by atoms with Crippen LogP contribution in [0.3, 0.4) is 0 Å². The molecule has 1 aliphatic carbocycles. The van der Waals surface area contributed by atoms with Gasteiger partial charge in [-0.15, -0.1) is 0 Å². The molecule has 0 heterocycles. The van der Waals surface area contributed by atoms with Gasteiger partial charge in [-0.05, 0) is 70.7 Å². The lowest BCUT2D eigenvalue weighted by atomic mass is 10.1. The number of halogens is 1. The van der Waals surface area contributed by atoms with Crippen LogP contribution in [-0.4, -0.2) is 24.3 Å². The molecule has 0 saturated carbocycles. The lowest BCUT2D eigenvalue weighted by Gasteiger charge is -2.22. The summed E-state index contributed by atoms with van der Waals surface area (Å²) in [7, 11) is 0. The Labute approximate surface area is 147 Å². The molecule has 2 N–H and O–H groups in total. The van der Waals surface area contributed by atoms with Gasteiger partial charge in [0, 0.05) is 16.6 Å². The Morgan fingerprint density at radius 2 is 2.17 bits per heavy atom. The Hall–Kier alpha value is -1.07. The van der Waals surface area contributed by atoms with Crippen molar-refractivity contribution in [1.29, 1.82) is 0 Å². The van der Waals surface area contributed by atoms with E-state index >= 15 is 0 Å². The zero-order valence-corrected chi connectivity index (χ0v) is 16.0. The van der Waals surface area contributed by atoms with Crippen LogP contribution in [0.5, 0.6) is 0 Å². The van der Waals surface area contributed by atoms with E-state index in [0.717, 1.165) is 25.8 Å². The Morgan fingerprint density at radius 3 is 2.87 bits per heavy atom. The molecule has 1 aromatic carbocycles. The lowest BCUT2D eigenvalue weighted by Crippen LogP contribution is -2.39. The summed E-state index contributed by atoms with van der Waals surface area (Å²) in [5.41, 5.74) is 2.36. The molecule has 0 aliphatic heterocycles. The molecule has 2 atom stereocenters. The van der Waals surface area contributed by atoms with E-state index in [2.05, 4.69) is 44.8 Å². The number of carbonyl (C=O) groups is 1. The normalized spacial score (nSPS) is 18.4. The Bertz CT molecular complexity index is 554. The van der Waals surface area contributed by atoms with E-state index in [9.17, 15) is 4.79 Å². The molecule has 2 unspecified atom stereocenters. The minimum absolute atomic E-state index is 0.0840. The van der Waals surface area contributed by atoms with Crippen LogP contribution in [0.15, 0.2) is 22.7 Å². The first kappa shape index (κ1) is 18.3. The summed E-state index contributed by atoms with van der Waals surface area (Å²) < 4.78 is 6.48. The number of hydrogen-bond acceptors (Lipinski definition) is 3. The van der Waals surface area contributed by atoms with Gasteiger partial charge in [0.15, 0.2) is 0 Å². The van der Waals surface area contributed by atoms with Gasteiger partial charge in [0.2, 0.25) is 0 Å². The number of rotatable bonds is 5. The summed E-state index contributed by atoms with van der Waals surface area (Å²) in [6.07, 6.45) is 2.77. The van der Waals surface area contributed by atoms with Crippen LogP contribution >= 0.6 is 15.9 Å². The van der Waals surface area contributed by atoms with Crippen LogP contribution in [0, 0.1) is 0 Å². The molecule has 0 spiro atoms. The average Bonchev–Trinajstić information content (AvgIpc) is 2.81. The summed E-state index contributed by atoms with van der Waals surface area (Å²) in [5, 5.41) is 6.49. The molecular weight excluding hydrogens is 356 g/mol. The van der Waals surface area contributed by atoms with E-state index in [1.54, 1.807) is 0 Å². The molecule has 4 nitrogen and oxygen atoms in total. The number of carbonyl (C=O) groups excluding carboxylic acids is 1. The van der Waals surface area contributed by atoms with Gasteiger partial charge >= 0.3 is 6.09 Å². The molecule has 128 valence electrons. The van der Waals surface area contributed by atoms with Crippen LogP contribution in [0.4, 0.5) is 4.79 Å². The largest absolute Gasteiger partial charge is 0.444 e. The van der Waals surface area contributed by atoms with E-state index in [0.29, 0.717) is 6.04 Å². The monoisotopic (exact) mass is 382 g/mol. The maximum absolute atomic E-state index is 11.7. The van der Waals surface area contributed by atoms with Gasteiger partial charge < -0.3 is 15.4 Å². The van der Waals surface area contributed by atoms with Crippen LogP contribution < -0.4 is 10.6 Å². The van der Waals surface area contributed by atoms with Crippen molar-refractivity contribution in [2.24, 2.45) is 0 Å². The summed E-state index contributed by atoms with van der Waals surface area (Å²) in [6, 6.07) is 6.90. The Kier molecular flexibility index (Phi) is 6.09. The van der Waals surface area contributed by atoms with Crippen molar-refractivity contribution in [3.63, 3.8) is 0 Å². The summed E-state index contributed by atoms with van der Waals surface area (Å²) in [5.74, 6) is 0. The van der Waals surface area contributed by atoms with E-state index in [-0.39, 0.29) is 12.1 Å². The highest BCUT2D eigenvalue weighted by Gasteiger charge is 2.23. The van der Waals surface area contributed by atoms with E-state index < -0.39 is 5.60 Å². The minimum atomic E-state index is -0.455. The molecule has 1 aliphatic rings. The van der Waals surface area contributed by atoms with Crippen LogP contribution in [-0.2, 0) is 11.2 Å². The number of nitrogens with one attached hydrogen (secondary N) is 2. The molecule has 0 bridgehead atoms. The summed E-state index contributed by atoms with van der Waals surface area (Å²) in [4.78, 5) is 11.7. The number of ether oxygens (including phenoxy) is 1. The first-order chi connectivity index (χ1) is 10.8. The van der Waals surface area contributed by atoms with Crippen molar-refractivity contribution in [3.8, 4) is 0 Å². The second-order valence-electron chi connectivity index (χ2n) is 7.19. The third kappa shape index (κ3) is 5.50. The molecule has 5 heteroatoms. The number of fused-ring (bicyclic) bond motifs is 1. The Balaban J connectivity index is 1.74. The highest BCUT2D eigenvalue weighted by Crippen LogP contribution is 2.35. The van der Waals surface area contributed by atoms with E-state index in [4.69, 9.17) is 4.74 Å². The van der Waals surface area contributed by atoms with Crippen molar-refractivity contribution >= 4 is 22.0 Å². The standard InChI is InChI=1S/C18H27BrN2O2/c1-12(21-17(22)23-18(2,3)4)10-11-20-16-9-8-13-14(16)6-5-7-15(13)19/h5-7,12,16,20H,8-11H2,1-4H3,(H,21,22). The third-order valence-electron chi connectivity index (χ3n) is 3.94. The SMILES string of the molecule is CC(CCNC1CCc2c(Br)cccc21)NC(=O)OC(C)(C)C. The fourth-order valence-electron chi connectivity index (χ4n) is 2.88. The van der Waals surface area contributed by atoms with Crippen LogP contribution in [0.1, 0.15) is 57.7 Å².